The van der Waals surface area contributed by atoms with Crippen LogP contribution in [0.25, 0.3) is 11.0 Å². The predicted molar refractivity (Wildman–Crippen MR) is 103 cm³/mol. The van der Waals surface area contributed by atoms with Crippen LogP contribution in [0.1, 0.15) is 36.2 Å². The van der Waals surface area contributed by atoms with E-state index in [9.17, 15) is 17.6 Å². The fourth-order valence-corrected chi connectivity index (χ4v) is 5.14. The second-order valence-electron chi connectivity index (χ2n) is 7.00. The van der Waals surface area contributed by atoms with Gasteiger partial charge in [-0.05, 0) is 44.0 Å². The number of fused-ring (bicyclic) bond motifs is 1. The molecule has 2 heterocycles. The van der Waals surface area contributed by atoms with Crippen LogP contribution in [0.15, 0.2) is 53.7 Å². The van der Waals surface area contributed by atoms with Crippen LogP contribution in [0, 0.1) is 5.82 Å². The van der Waals surface area contributed by atoms with Crippen LogP contribution in [0.2, 0.25) is 0 Å². The van der Waals surface area contributed by atoms with Gasteiger partial charge in [-0.25, -0.2) is 17.8 Å². The van der Waals surface area contributed by atoms with Gasteiger partial charge >= 0.3 is 0 Å². The van der Waals surface area contributed by atoms with E-state index < -0.39 is 10.0 Å². The van der Waals surface area contributed by atoms with Crippen molar-refractivity contribution in [1.82, 2.24) is 13.9 Å². The number of hydrogen-bond donors (Lipinski definition) is 0. The Labute approximate surface area is 162 Å². The van der Waals surface area contributed by atoms with E-state index in [1.165, 1.54) is 35.5 Å². The molecule has 0 unspecified atom stereocenters. The van der Waals surface area contributed by atoms with E-state index in [-0.39, 0.29) is 22.5 Å². The average Bonchev–Trinajstić information content (AvgIpc) is 3.11. The van der Waals surface area contributed by atoms with Crippen molar-refractivity contribution in [2.75, 3.05) is 13.1 Å². The third kappa shape index (κ3) is 3.33. The molecule has 1 aliphatic rings. The summed E-state index contributed by atoms with van der Waals surface area (Å²) in [7, 11) is -3.60. The number of imidazole rings is 1. The second-order valence-corrected chi connectivity index (χ2v) is 8.94. The molecular weight excluding hydrogens is 381 g/mol. The molecule has 1 aliphatic heterocycles. The van der Waals surface area contributed by atoms with Crippen molar-refractivity contribution in [3.63, 3.8) is 0 Å². The second kappa shape index (κ2) is 7.10. The van der Waals surface area contributed by atoms with E-state index in [2.05, 4.69) is 4.98 Å². The highest BCUT2D eigenvalue weighted by atomic mass is 32.2. The summed E-state index contributed by atoms with van der Waals surface area (Å²) in [5, 5.41) is 0. The third-order valence-corrected chi connectivity index (χ3v) is 7.17. The van der Waals surface area contributed by atoms with Crippen molar-refractivity contribution < 1.29 is 17.6 Å². The first kappa shape index (κ1) is 18.8. The number of piperidine rings is 1. The lowest BCUT2D eigenvalue weighted by Crippen LogP contribution is -2.38. The van der Waals surface area contributed by atoms with Crippen LogP contribution >= 0.6 is 0 Å². The molecule has 3 aromatic rings. The zero-order valence-electron chi connectivity index (χ0n) is 15.4. The largest absolute Gasteiger partial charge is 0.327 e. The number of nitrogens with zero attached hydrogens (tertiary/aromatic N) is 3. The molecule has 1 saturated heterocycles. The molecule has 146 valence electrons. The molecule has 0 aliphatic carbocycles. The van der Waals surface area contributed by atoms with Crippen molar-refractivity contribution in [1.29, 1.82) is 0 Å². The monoisotopic (exact) mass is 401 g/mol. The summed E-state index contributed by atoms with van der Waals surface area (Å²) in [6.45, 7) is 2.23. The summed E-state index contributed by atoms with van der Waals surface area (Å²) in [6, 6.07) is 10.7. The van der Waals surface area contributed by atoms with Crippen LogP contribution in [0.3, 0.4) is 0 Å². The van der Waals surface area contributed by atoms with Gasteiger partial charge in [0.1, 0.15) is 5.82 Å². The molecule has 0 spiro atoms. The van der Waals surface area contributed by atoms with Crippen LogP contribution in [-0.2, 0) is 10.0 Å². The molecule has 0 bridgehead atoms. The molecule has 4 rings (SSSR count). The Balaban J connectivity index is 1.50. The summed E-state index contributed by atoms with van der Waals surface area (Å²) in [5.74, 6) is -0.424. The molecule has 0 atom stereocenters. The van der Waals surface area contributed by atoms with Crippen molar-refractivity contribution in [2.45, 2.75) is 30.7 Å². The van der Waals surface area contributed by atoms with Crippen LogP contribution in [0.5, 0.6) is 0 Å². The van der Waals surface area contributed by atoms with Gasteiger partial charge in [0.15, 0.2) is 5.78 Å². The van der Waals surface area contributed by atoms with Gasteiger partial charge in [0, 0.05) is 30.8 Å². The Hall–Kier alpha value is -2.58. The SMILES string of the molecule is CC(=O)c1ccc(S(=O)(=O)N2CCC(n3cnc4cc(F)ccc43)CC2)cc1. The Morgan fingerprint density at radius 1 is 1.11 bits per heavy atom. The maximum absolute atomic E-state index is 13.4. The van der Waals surface area contributed by atoms with Crippen molar-refractivity contribution in [3.05, 3.63) is 60.2 Å². The lowest BCUT2D eigenvalue weighted by Gasteiger charge is -2.32. The summed E-state index contributed by atoms with van der Waals surface area (Å²) in [5.41, 5.74) is 1.93. The van der Waals surface area contributed by atoms with E-state index in [0.717, 1.165) is 5.52 Å². The van der Waals surface area contributed by atoms with Gasteiger partial charge in [-0.2, -0.15) is 4.31 Å². The summed E-state index contributed by atoms with van der Waals surface area (Å²) in [4.78, 5) is 15.8. The fraction of sp³-hybridized carbons (Fsp3) is 0.300. The Bertz CT molecular complexity index is 1130. The lowest BCUT2D eigenvalue weighted by atomic mass is 10.1. The third-order valence-electron chi connectivity index (χ3n) is 5.25. The van der Waals surface area contributed by atoms with Crippen LogP contribution in [-0.4, -0.2) is 41.1 Å². The fourth-order valence-electron chi connectivity index (χ4n) is 3.67. The molecule has 6 nitrogen and oxygen atoms in total. The number of Topliss-reactive ketones (excluding diaryl/α,β-unsaturated/α-hetero) is 1. The zero-order chi connectivity index (χ0) is 19.9. The molecule has 8 heteroatoms. The van der Waals surface area contributed by atoms with Gasteiger partial charge in [0.25, 0.3) is 0 Å². The smallest absolute Gasteiger partial charge is 0.243 e. The predicted octanol–water partition coefficient (Wildman–Crippen LogP) is 3.40. The number of carbonyl (C=O) groups excluding carboxylic acids is 1. The topological polar surface area (TPSA) is 72.3 Å². The minimum Gasteiger partial charge on any atom is -0.327 e. The van der Waals surface area contributed by atoms with E-state index in [1.807, 2.05) is 4.57 Å². The van der Waals surface area contributed by atoms with Gasteiger partial charge in [-0.3, -0.25) is 4.79 Å². The maximum Gasteiger partial charge on any atom is 0.243 e. The lowest BCUT2D eigenvalue weighted by molar-refractivity contribution is 0.101. The summed E-state index contributed by atoms with van der Waals surface area (Å²) < 4.78 is 42.6. The first-order valence-corrected chi connectivity index (χ1v) is 10.5. The molecule has 1 fully saturated rings. The van der Waals surface area contributed by atoms with E-state index in [0.29, 0.717) is 37.0 Å². The highest BCUT2D eigenvalue weighted by Crippen LogP contribution is 2.29. The van der Waals surface area contributed by atoms with E-state index in [1.54, 1.807) is 24.5 Å². The minimum absolute atomic E-state index is 0.0998. The van der Waals surface area contributed by atoms with Crippen molar-refractivity contribution in [3.8, 4) is 0 Å². The Morgan fingerprint density at radius 3 is 2.43 bits per heavy atom. The molecule has 0 saturated carbocycles. The van der Waals surface area contributed by atoms with Gasteiger partial charge in [-0.1, -0.05) is 12.1 Å². The van der Waals surface area contributed by atoms with Gasteiger partial charge in [0.2, 0.25) is 10.0 Å². The number of rotatable bonds is 4. The quantitative estimate of drug-likeness (QED) is 0.628. The normalized spacial score (nSPS) is 16.5. The van der Waals surface area contributed by atoms with E-state index >= 15 is 0 Å². The first-order chi connectivity index (χ1) is 13.4. The number of ketones is 1. The Kier molecular flexibility index (Phi) is 4.76. The maximum atomic E-state index is 13.4. The van der Waals surface area contributed by atoms with Crippen LogP contribution < -0.4 is 0 Å². The number of halogens is 1. The Morgan fingerprint density at radius 2 is 1.79 bits per heavy atom. The molecular formula is C20H20FN3O3S. The van der Waals surface area contributed by atoms with Gasteiger partial charge < -0.3 is 4.57 Å². The molecule has 1 aromatic heterocycles. The number of benzene rings is 2. The van der Waals surface area contributed by atoms with Crippen molar-refractivity contribution >= 4 is 26.8 Å². The summed E-state index contributed by atoms with van der Waals surface area (Å²) in [6.07, 6.45) is 2.99. The summed E-state index contributed by atoms with van der Waals surface area (Å²) >= 11 is 0. The molecule has 28 heavy (non-hydrogen) atoms. The molecule has 2 aromatic carbocycles. The average molecular weight is 401 g/mol. The molecule has 0 amide bonds. The first-order valence-electron chi connectivity index (χ1n) is 9.09. The number of sulfonamides is 1. The molecule has 0 N–H and O–H groups in total. The molecule has 0 radical (unpaired) electrons. The minimum atomic E-state index is -3.60. The van der Waals surface area contributed by atoms with Gasteiger partial charge in [-0.15, -0.1) is 0 Å². The highest BCUT2D eigenvalue weighted by molar-refractivity contribution is 7.89. The van der Waals surface area contributed by atoms with Crippen LogP contribution in [0.4, 0.5) is 4.39 Å². The van der Waals surface area contributed by atoms with Gasteiger partial charge in [0.05, 0.1) is 22.3 Å². The number of carbonyl (C=O) groups is 1. The zero-order valence-corrected chi connectivity index (χ0v) is 16.2. The standard InChI is InChI=1S/C20H20FN3O3S/c1-14(25)15-2-5-18(6-3-15)28(26,27)23-10-8-17(9-11-23)24-13-22-19-12-16(21)4-7-20(19)24/h2-7,12-13,17H,8-11H2,1H3. The number of hydrogen-bond acceptors (Lipinski definition) is 4. The van der Waals surface area contributed by atoms with E-state index in [4.69, 9.17) is 0 Å². The highest BCUT2D eigenvalue weighted by Gasteiger charge is 2.30. The number of aromatic nitrogens is 2. The van der Waals surface area contributed by atoms with Crippen molar-refractivity contribution in [2.24, 2.45) is 0 Å².